The van der Waals surface area contributed by atoms with Gasteiger partial charge >= 0.3 is 0 Å². The van der Waals surface area contributed by atoms with E-state index in [2.05, 4.69) is 27.2 Å². The first kappa shape index (κ1) is 15.8. The second kappa shape index (κ2) is 6.81. The highest BCUT2D eigenvalue weighted by Gasteiger charge is 2.17. The summed E-state index contributed by atoms with van der Waals surface area (Å²) in [4.78, 5) is 0. The summed E-state index contributed by atoms with van der Waals surface area (Å²) in [5.41, 5.74) is 1.83. The fourth-order valence-electron chi connectivity index (χ4n) is 1.13. The monoisotopic (exact) mass is 353 g/mol. The molecule has 0 saturated heterocycles. The third-order valence-corrected chi connectivity index (χ3v) is 6.06. The van der Waals surface area contributed by atoms with Gasteiger partial charge in [0.05, 0.1) is 17.0 Å². The molecule has 4 nitrogen and oxygen atoms in total. The largest absolute Gasteiger partial charge is 0.376 e. The molecule has 1 rings (SSSR count). The standard InChI is InChI=1S/C11H16BrNO3S2/c1-8(2)7-16-5-4-13-18(14,15)10-6-9(3)11(12)17-10/h6,13H,1,4-5,7H2,2-3H3. The fourth-order valence-corrected chi connectivity index (χ4v) is 4.41. The van der Waals surface area contributed by atoms with Gasteiger partial charge in [0.2, 0.25) is 10.0 Å². The van der Waals surface area contributed by atoms with Crippen LogP contribution in [-0.4, -0.2) is 28.2 Å². The van der Waals surface area contributed by atoms with Crippen molar-refractivity contribution >= 4 is 37.3 Å². The van der Waals surface area contributed by atoms with Crippen LogP contribution < -0.4 is 4.72 Å². The minimum Gasteiger partial charge on any atom is -0.376 e. The first-order valence-electron chi connectivity index (χ1n) is 5.30. The molecule has 0 aromatic carbocycles. The molecule has 1 N–H and O–H groups in total. The number of nitrogens with one attached hydrogen (secondary N) is 1. The summed E-state index contributed by atoms with van der Waals surface area (Å²) in [6, 6.07) is 1.64. The van der Waals surface area contributed by atoms with Gasteiger partial charge in [-0.1, -0.05) is 12.2 Å². The zero-order valence-corrected chi connectivity index (χ0v) is 13.5. The smallest absolute Gasteiger partial charge is 0.250 e. The van der Waals surface area contributed by atoms with Gasteiger partial charge in [0.25, 0.3) is 0 Å². The molecule has 1 aromatic heterocycles. The van der Waals surface area contributed by atoms with Gasteiger partial charge in [-0.3, -0.25) is 0 Å². The Kier molecular flexibility index (Phi) is 6.00. The van der Waals surface area contributed by atoms with Crippen molar-refractivity contribution < 1.29 is 13.2 Å². The minimum atomic E-state index is -3.43. The van der Waals surface area contributed by atoms with Crippen LogP contribution in [0.3, 0.4) is 0 Å². The summed E-state index contributed by atoms with van der Waals surface area (Å²) in [5, 5.41) is 0. The molecule has 7 heteroatoms. The Labute approximate surface area is 120 Å². The number of rotatable bonds is 7. The Morgan fingerprint density at radius 1 is 1.61 bits per heavy atom. The van der Waals surface area contributed by atoms with Gasteiger partial charge in [-0.05, 0) is 41.4 Å². The second-order valence-corrected chi connectivity index (χ2v) is 8.29. The van der Waals surface area contributed by atoms with Crippen molar-refractivity contribution in [2.24, 2.45) is 0 Å². The summed E-state index contributed by atoms with van der Waals surface area (Å²) in [6.45, 7) is 8.44. The number of sulfonamides is 1. The molecule has 0 fully saturated rings. The van der Waals surface area contributed by atoms with Crippen molar-refractivity contribution in [3.8, 4) is 0 Å². The molecule has 18 heavy (non-hydrogen) atoms. The van der Waals surface area contributed by atoms with Crippen LogP contribution in [0.1, 0.15) is 12.5 Å². The molecule has 1 heterocycles. The second-order valence-electron chi connectivity index (χ2n) is 3.93. The zero-order chi connectivity index (χ0) is 13.8. The van der Waals surface area contributed by atoms with Gasteiger partial charge in [-0.15, -0.1) is 11.3 Å². The molecular weight excluding hydrogens is 338 g/mol. The van der Waals surface area contributed by atoms with Crippen LogP contribution in [0.2, 0.25) is 0 Å². The van der Waals surface area contributed by atoms with Gasteiger partial charge in [0.15, 0.2) is 0 Å². The van der Waals surface area contributed by atoms with Gasteiger partial charge in [0.1, 0.15) is 4.21 Å². The van der Waals surface area contributed by atoms with Gasteiger partial charge < -0.3 is 4.74 Å². The molecule has 0 atom stereocenters. The Hall–Kier alpha value is -0.210. The van der Waals surface area contributed by atoms with E-state index in [9.17, 15) is 8.42 Å². The van der Waals surface area contributed by atoms with E-state index in [-0.39, 0.29) is 6.54 Å². The Morgan fingerprint density at radius 2 is 2.28 bits per heavy atom. The van der Waals surface area contributed by atoms with Crippen LogP contribution in [0.5, 0.6) is 0 Å². The molecule has 0 aliphatic heterocycles. The van der Waals surface area contributed by atoms with Gasteiger partial charge in [0, 0.05) is 6.54 Å². The molecule has 0 aliphatic carbocycles. The highest BCUT2D eigenvalue weighted by Crippen LogP contribution is 2.30. The number of thiophene rings is 1. The fraction of sp³-hybridized carbons (Fsp3) is 0.455. The molecule has 0 radical (unpaired) electrons. The van der Waals surface area contributed by atoms with Crippen molar-refractivity contribution in [2.75, 3.05) is 19.8 Å². The van der Waals surface area contributed by atoms with E-state index in [0.29, 0.717) is 17.4 Å². The highest BCUT2D eigenvalue weighted by molar-refractivity contribution is 9.11. The van der Waals surface area contributed by atoms with Gasteiger partial charge in [-0.25, -0.2) is 13.1 Å². The third-order valence-electron chi connectivity index (χ3n) is 1.99. The third kappa shape index (κ3) is 4.81. The van der Waals surface area contributed by atoms with Crippen molar-refractivity contribution in [3.63, 3.8) is 0 Å². The summed E-state index contributed by atoms with van der Waals surface area (Å²) in [6.07, 6.45) is 0. The van der Waals surface area contributed by atoms with Gasteiger partial charge in [-0.2, -0.15) is 0 Å². The molecule has 0 amide bonds. The zero-order valence-electron chi connectivity index (χ0n) is 10.3. The average Bonchev–Trinajstić information content (AvgIpc) is 2.59. The predicted molar refractivity (Wildman–Crippen MR) is 77.6 cm³/mol. The summed E-state index contributed by atoms with van der Waals surface area (Å²) in [7, 11) is -3.43. The number of hydrogen-bond donors (Lipinski definition) is 1. The maximum absolute atomic E-state index is 11.9. The van der Waals surface area contributed by atoms with Crippen molar-refractivity contribution in [2.45, 2.75) is 18.1 Å². The molecule has 1 aromatic rings. The van der Waals surface area contributed by atoms with E-state index < -0.39 is 10.0 Å². The first-order chi connectivity index (χ1) is 8.33. The van der Waals surface area contributed by atoms with Crippen molar-refractivity contribution in [3.05, 3.63) is 27.6 Å². The maximum atomic E-state index is 11.9. The SMILES string of the molecule is C=C(C)COCCNS(=O)(=O)c1cc(C)c(Br)s1. The van der Waals surface area contributed by atoms with Crippen molar-refractivity contribution in [1.29, 1.82) is 0 Å². The van der Waals surface area contributed by atoms with Crippen LogP contribution in [-0.2, 0) is 14.8 Å². The predicted octanol–water partition coefficient (Wildman–Crippen LogP) is 2.69. The van der Waals surface area contributed by atoms with Crippen LogP contribution in [0.25, 0.3) is 0 Å². The molecule has 0 aliphatic rings. The highest BCUT2D eigenvalue weighted by atomic mass is 79.9. The van der Waals surface area contributed by atoms with E-state index in [1.165, 1.54) is 11.3 Å². The molecule has 0 unspecified atom stereocenters. The van der Waals surface area contributed by atoms with Crippen LogP contribution in [0, 0.1) is 6.92 Å². The molecule has 102 valence electrons. The van der Waals surface area contributed by atoms with Crippen molar-refractivity contribution in [1.82, 2.24) is 4.72 Å². The molecule has 0 bridgehead atoms. The normalized spacial score (nSPS) is 11.7. The number of halogens is 1. The average molecular weight is 354 g/mol. The van der Waals surface area contributed by atoms with E-state index in [1.807, 2.05) is 13.8 Å². The lowest BCUT2D eigenvalue weighted by Crippen LogP contribution is -2.27. The Morgan fingerprint density at radius 3 is 2.78 bits per heavy atom. The molecule has 0 spiro atoms. The maximum Gasteiger partial charge on any atom is 0.250 e. The molecule has 0 saturated carbocycles. The summed E-state index contributed by atoms with van der Waals surface area (Å²) < 4.78 is 32.7. The lowest BCUT2D eigenvalue weighted by atomic mass is 10.4. The lowest BCUT2D eigenvalue weighted by Gasteiger charge is -2.05. The van der Waals surface area contributed by atoms with E-state index >= 15 is 0 Å². The van der Waals surface area contributed by atoms with Crippen LogP contribution >= 0.6 is 27.3 Å². The minimum absolute atomic E-state index is 0.254. The summed E-state index contributed by atoms with van der Waals surface area (Å²) in [5.74, 6) is 0. The Balaban J connectivity index is 2.48. The number of ether oxygens (including phenoxy) is 1. The quantitative estimate of drug-likeness (QED) is 0.605. The van der Waals surface area contributed by atoms with E-state index in [0.717, 1.165) is 14.9 Å². The summed E-state index contributed by atoms with van der Waals surface area (Å²) >= 11 is 4.51. The number of aryl methyl sites for hydroxylation is 1. The van der Waals surface area contributed by atoms with Crippen LogP contribution in [0.4, 0.5) is 0 Å². The topological polar surface area (TPSA) is 55.4 Å². The van der Waals surface area contributed by atoms with Crippen LogP contribution in [0.15, 0.2) is 26.2 Å². The molecular formula is C11H16BrNO3S2. The van der Waals surface area contributed by atoms with E-state index in [4.69, 9.17) is 4.74 Å². The Bertz CT molecular complexity index is 503. The van der Waals surface area contributed by atoms with E-state index in [1.54, 1.807) is 6.07 Å². The first-order valence-corrected chi connectivity index (χ1v) is 8.40. The number of hydrogen-bond acceptors (Lipinski definition) is 4. The lowest BCUT2D eigenvalue weighted by molar-refractivity contribution is 0.162.